The van der Waals surface area contributed by atoms with Crippen LogP contribution in [0.2, 0.25) is 0 Å². The molecule has 0 saturated carbocycles. The van der Waals surface area contributed by atoms with Gasteiger partial charge in [-0.25, -0.2) is 0 Å². The second-order valence-electron chi connectivity index (χ2n) is 27.6. The Bertz CT molecular complexity index is 6340. The van der Waals surface area contributed by atoms with Crippen molar-refractivity contribution < 1.29 is 0 Å². The summed E-state index contributed by atoms with van der Waals surface area (Å²) in [4.78, 5) is 5.20. The molecule has 462 valence electrons. The van der Waals surface area contributed by atoms with E-state index in [-0.39, 0.29) is 0 Å². The van der Waals surface area contributed by atoms with Gasteiger partial charge in [0, 0.05) is 32.9 Å². The Morgan fingerprint density at radius 2 is 0.460 bits per heavy atom. The van der Waals surface area contributed by atoms with Crippen molar-refractivity contribution in [3.8, 4) is 22.3 Å². The van der Waals surface area contributed by atoms with Crippen LogP contribution in [0.4, 0.5) is 34.1 Å². The summed E-state index contributed by atoms with van der Waals surface area (Å²) >= 11 is 0. The Labute approximate surface area is 578 Å². The third kappa shape index (κ3) is 7.26. The summed E-state index contributed by atoms with van der Waals surface area (Å²) in [7, 11) is 0. The van der Waals surface area contributed by atoms with Crippen LogP contribution in [-0.4, -0.2) is 0 Å². The van der Waals surface area contributed by atoms with Crippen LogP contribution < -0.4 is 9.80 Å². The molecule has 0 aromatic heterocycles. The maximum Gasteiger partial charge on any atom is 0.0642 e. The average Bonchev–Trinajstić information content (AvgIpc) is 1.46. The fourth-order valence-electron chi connectivity index (χ4n) is 19.2. The molecule has 0 spiro atoms. The molecule has 0 heterocycles. The first-order valence-electron chi connectivity index (χ1n) is 35.0. The van der Waals surface area contributed by atoms with Gasteiger partial charge in [0.15, 0.2) is 0 Å². The molecule has 2 nitrogen and oxygen atoms in total. The van der Waals surface area contributed by atoms with Gasteiger partial charge >= 0.3 is 0 Å². The number of nitrogens with zero attached hydrogens (tertiary/aromatic N) is 2. The molecule has 2 atom stereocenters. The quantitative estimate of drug-likeness (QED) is 0.133. The van der Waals surface area contributed by atoms with Crippen LogP contribution in [0.1, 0.15) is 33.4 Å². The number of rotatable bonds is 9. The minimum atomic E-state index is -1.04. The number of hydrogen-bond donors (Lipinski definition) is 0. The van der Waals surface area contributed by atoms with Crippen molar-refractivity contribution in [1.29, 1.82) is 0 Å². The Hall–Kier alpha value is -12.9. The first-order valence-corrected chi connectivity index (χ1v) is 35.0. The number of benzene rings is 20. The number of anilines is 6. The van der Waals surface area contributed by atoms with Gasteiger partial charge in [0.05, 0.1) is 33.6 Å². The minimum absolute atomic E-state index is 1.04. The smallest absolute Gasteiger partial charge is 0.0642 e. The van der Waals surface area contributed by atoms with Gasteiger partial charge in [0.25, 0.3) is 0 Å². The summed E-state index contributed by atoms with van der Waals surface area (Å²) in [5.41, 5.74) is 17.0. The Kier molecular flexibility index (Phi) is 11.5. The fraction of sp³-hybridized carbons (Fsp3) is 0.0204. The average molecular weight is 1270 g/mol. The van der Waals surface area contributed by atoms with Crippen molar-refractivity contribution in [2.45, 2.75) is 10.8 Å². The van der Waals surface area contributed by atoms with E-state index in [1.165, 1.54) is 163 Å². The van der Waals surface area contributed by atoms with Gasteiger partial charge in [-0.15, -0.1) is 0 Å². The lowest BCUT2D eigenvalue weighted by molar-refractivity contribution is 0.438. The van der Waals surface area contributed by atoms with Crippen LogP contribution in [0.5, 0.6) is 0 Å². The molecule has 0 radical (unpaired) electrons. The lowest BCUT2D eigenvalue weighted by Gasteiger charge is -2.51. The Morgan fingerprint density at radius 1 is 0.170 bits per heavy atom. The lowest BCUT2D eigenvalue weighted by Crippen LogP contribution is -2.50. The van der Waals surface area contributed by atoms with E-state index >= 15 is 0 Å². The highest BCUT2D eigenvalue weighted by atomic mass is 15.2. The normalized spacial score (nSPS) is 15.5. The Morgan fingerprint density at radius 3 is 0.860 bits per heavy atom. The van der Waals surface area contributed by atoms with E-state index in [9.17, 15) is 0 Å². The molecule has 2 heteroatoms. The van der Waals surface area contributed by atoms with E-state index < -0.39 is 10.8 Å². The van der Waals surface area contributed by atoms with Crippen LogP contribution in [0.3, 0.4) is 0 Å². The molecule has 100 heavy (non-hydrogen) atoms. The molecule has 2 aliphatic rings. The van der Waals surface area contributed by atoms with Crippen LogP contribution in [-0.2, 0) is 10.8 Å². The molecule has 0 saturated heterocycles. The van der Waals surface area contributed by atoms with Crippen LogP contribution in [0.15, 0.2) is 364 Å². The predicted octanol–water partition coefficient (Wildman–Crippen LogP) is 26.4. The van der Waals surface area contributed by atoms with Gasteiger partial charge in [0.1, 0.15) is 0 Å². The third-order valence-corrected chi connectivity index (χ3v) is 23.0. The van der Waals surface area contributed by atoms with Gasteiger partial charge < -0.3 is 9.80 Å². The lowest BCUT2D eigenvalue weighted by atomic mass is 9.49. The topological polar surface area (TPSA) is 6.48 Å². The zero-order valence-corrected chi connectivity index (χ0v) is 54.5. The molecule has 20 aromatic rings. The molecular formula is C98H60N2. The van der Waals surface area contributed by atoms with E-state index in [1.54, 1.807) is 0 Å². The van der Waals surface area contributed by atoms with Gasteiger partial charge in [-0.2, -0.15) is 0 Å². The van der Waals surface area contributed by atoms with Gasteiger partial charge in [0.2, 0.25) is 0 Å². The van der Waals surface area contributed by atoms with Crippen molar-refractivity contribution >= 4 is 142 Å². The predicted molar refractivity (Wildman–Crippen MR) is 423 cm³/mol. The second kappa shape index (κ2) is 20.8. The minimum Gasteiger partial charge on any atom is -0.309 e. The van der Waals surface area contributed by atoms with E-state index in [2.05, 4.69) is 374 Å². The molecule has 0 aliphatic heterocycles. The summed E-state index contributed by atoms with van der Waals surface area (Å²) in [6.07, 6.45) is 0. The summed E-state index contributed by atoms with van der Waals surface area (Å²) in [6.45, 7) is 0. The highest BCUT2D eigenvalue weighted by molar-refractivity contribution is 6.29. The summed E-state index contributed by atoms with van der Waals surface area (Å²) in [5, 5.41) is 24.6. The summed E-state index contributed by atoms with van der Waals surface area (Å²) in [6, 6.07) is 140. The SMILES string of the molecule is c1ccc(N(c2cc3c(c4ccccc24)-c2c(ccc4ccccc24)C3(c2ccccc2)C2(c3ccccc3)c3ccc4ccccc4c3-c3c2cc(N(c2ccccc2)c2ccc4ccc5cccc6ccc2c4c56)c2ccccc32)c2ccc3ccc4cccc5ccc2c3c45)cc1. The van der Waals surface area contributed by atoms with E-state index in [0.29, 0.717) is 0 Å². The molecule has 2 aliphatic carbocycles. The standard InChI is InChI=1S/C98H60N2/c1-5-29-69(30-6-1)97(81-55-49-61-23-13-15-37-73(61)93(81)95-77-41-19-17-39-75(77)87(59-83(95)97)99(71-33-9-3-10-34-71)85-57-51-67-45-43-63-25-21-27-65-47-53-79(85)91(67)89(63)65)98(70-31-7-2-8-32-70)82-56-50-62-24-14-16-38-74(62)94(82)96-78-42-20-18-40-76(78)88(60-84(96)98)100(72-35-11-4-12-36-72)86-58-52-68-46-44-64-26-22-28-66-48-54-80(86)92(68)90(64)66/h1-60H. The molecule has 0 fully saturated rings. The van der Waals surface area contributed by atoms with Crippen molar-refractivity contribution in [2.24, 2.45) is 0 Å². The van der Waals surface area contributed by atoms with Crippen LogP contribution >= 0.6 is 0 Å². The van der Waals surface area contributed by atoms with Crippen molar-refractivity contribution in [3.05, 3.63) is 397 Å². The maximum absolute atomic E-state index is 2.68. The number of fused-ring (bicyclic) bond motifs is 14. The van der Waals surface area contributed by atoms with E-state index in [4.69, 9.17) is 0 Å². The first kappa shape index (κ1) is 55.3. The van der Waals surface area contributed by atoms with Gasteiger partial charge in [-0.1, -0.05) is 315 Å². The summed E-state index contributed by atoms with van der Waals surface area (Å²) in [5.74, 6) is 0. The molecule has 20 aromatic carbocycles. The highest BCUT2D eigenvalue weighted by Crippen LogP contribution is 2.73. The number of hydrogen-bond acceptors (Lipinski definition) is 2. The van der Waals surface area contributed by atoms with Crippen LogP contribution in [0, 0.1) is 0 Å². The second-order valence-corrected chi connectivity index (χ2v) is 27.6. The maximum atomic E-state index is 2.68. The van der Waals surface area contributed by atoms with Gasteiger partial charge in [-0.05, 0) is 190 Å². The molecule has 0 N–H and O–H groups in total. The summed E-state index contributed by atoms with van der Waals surface area (Å²) < 4.78 is 0. The zero-order valence-electron chi connectivity index (χ0n) is 54.5. The first-order chi connectivity index (χ1) is 49.6. The largest absolute Gasteiger partial charge is 0.309 e. The zero-order chi connectivity index (χ0) is 65.4. The monoisotopic (exact) mass is 1260 g/mol. The van der Waals surface area contributed by atoms with Crippen molar-refractivity contribution in [3.63, 3.8) is 0 Å². The van der Waals surface area contributed by atoms with Crippen molar-refractivity contribution in [1.82, 2.24) is 0 Å². The third-order valence-electron chi connectivity index (χ3n) is 23.0. The highest BCUT2D eigenvalue weighted by Gasteiger charge is 2.65. The molecule has 0 bridgehead atoms. The van der Waals surface area contributed by atoms with E-state index in [0.717, 1.165) is 34.1 Å². The molecule has 0 amide bonds. The van der Waals surface area contributed by atoms with Crippen molar-refractivity contribution in [2.75, 3.05) is 9.80 Å². The number of para-hydroxylation sites is 2. The van der Waals surface area contributed by atoms with Crippen LogP contribution in [0.25, 0.3) is 130 Å². The fourth-order valence-corrected chi connectivity index (χ4v) is 19.2. The van der Waals surface area contributed by atoms with E-state index in [1.807, 2.05) is 0 Å². The molecule has 2 unspecified atom stereocenters. The molecular weight excluding hydrogens is 1210 g/mol. The Balaban J connectivity index is 0.953. The molecule has 22 rings (SSSR count). The van der Waals surface area contributed by atoms with Gasteiger partial charge in [-0.3, -0.25) is 0 Å².